The number of benzene rings is 2. The molecule has 2 aromatic carbocycles. The van der Waals surface area contributed by atoms with Crippen LogP contribution in [0.15, 0.2) is 58.3 Å². The average Bonchev–Trinajstić information content (AvgIpc) is 2.87. The van der Waals surface area contributed by atoms with Crippen LogP contribution in [0.25, 0.3) is 0 Å². The number of hydrogen-bond acceptors (Lipinski definition) is 8. The molecule has 2 atom stereocenters. The minimum atomic E-state index is -4.27. The maximum atomic E-state index is 12.5. The van der Waals surface area contributed by atoms with E-state index in [1.54, 1.807) is 31.2 Å². The summed E-state index contributed by atoms with van der Waals surface area (Å²) in [5, 5.41) is 0. The zero-order valence-electron chi connectivity index (χ0n) is 15.8. The van der Waals surface area contributed by atoms with Crippen molar-refractivity contribution in [3.63, 3.8) is 0 Å². The first kappa shape index (κ1) is 22.2. The van der Waals surface area contributed by atoms with Gasteiger partial charge in [-0.3, -0.25) is 8.37 Å². The van der Waals surface area contributed by atoms with E-state index in [1.165, 1.54) is 24.3 Å². The van der Waals surface area contributed by atoms with Crippen LogP contribution < -0.4 is 0 Å². The zero-order chi connectivity index (χ0) is 21.4. The molecule has 0 aromatic heterocycles. The molecule has 1 heterocycles. The smallest absolute Gasteiger partial charge is 0.297 e. The first-order valence-electron chi connectivity index (χ1n) is 8.61. The van der Waals surface area contributed by atoms with Crippen molar-refractivity contribution in [1.82, 2.24) is 0 Å². The highest BCUT2D eigenvalue weighted by atomic mass is 32.3. The fourth-order valence-corrected chi connectivity index (χ4v) is 6.94. The van der Waals surface area contributed by atoms with E-state index in [-0.39, 0.29) is 9.79 Å². The monoisotopic (exact) mass is 462 g/mol. The van der Waals surface area contributed by atoms with Crippen LogP contribution in [0.5, 0.6) is 0 Å². The van der Waals surface area contributed by atoms with Crippen molar-refractivity contribution in [2.75, 3.05) is 11.5 Å². The molecule has 29 heavy (non-hydrogen) atoms. The van der Waals surface area contributed by atoms with Crippen LogP contribution in [0, 0.1) is 13.8 Å². The molecule has 8 nitrogen and oxygen atoms in total. The van der Waals surface area contributed by atoms with Crippen LogP contribution in [0.3, 0.4) is 0 Å². The molecule has 0 saturated carbocycles. The summed E-state index contributed by atoms with van der Waals surface area (Å²) in [6, 6.07) is 12.1. The Morgan fingerprint density at radius 2 is 1.21 bits per heavy atom. The van der Waals surface area contributed by atoms with Gasteiger partial charge in [-0.15, -0.1) is 0 Å². The van der Waals surface area contributed by atoms with Crippen LogP contribution in [0.1, 0.15) is 11.1 Å². The van der Waals surface area contributed by atoms with Gasteiger partial charge < -0.3 is 9.11 Å². The molecule has 1 fully saturated rings. The molecular formula is C18H22O8S3. The lowest BCUT2D eigenvalue weighted by molar-refractivity contribution is 0.0878. The molecule has 0 bridgehead atoms. The first-order valence-corrected chi connectivity index (χ1v) is 13.3. The Labute approximate surface area is 172 Å². The van der Waals surface area contributed by atoms with Crippen molar-refractivity contribution in [3.8, 4) is 0 Å². The zero-order valence-corrected chi connectivity index (χ0v) is 18.2. The van der Waals surface area contributed by atoms with Gasteiger partial charge in [0.25, 0.3) is 10.1 Å². The van der Waals surface area contributed by atoms with E-state index in [9.17, 15) is 25.9 Å². The van der Waals surface area contributed by atoms with E-state index in [0.29, 0.717) is 0 Å². The summed E-state index contributed by atoms with van der Waals surface area (Å²) in [6.45, 7) is 3.61. The molecule has 1 saturated heterocycles. The summed E-state index contributed by atoms with van der Waals surface area (Å²) in [5.74, 6) is -1.19. The summed E-state index contributed by atoms with van der Waals surface area (Å²) in [5.41, 5.74) is 1.73. The van der Waals surface area contributed by atoms with Gasteiger partial charge in [-0.05, 0) is 38.1 Å². The Morgan fingerprint density at radius 1 is 0.793 bits per heavy atom. The van der Waals surface area contributed by atoms with Crippen LogP contribution in [-0.4, -0.2) is 49.7 Å². The van der Waals surface area contributed by atoms with E-state index in [2.05, 4.69) is 0 Å². The third-order valence-electron chi connectivity index (χ3n) is 4.40. The second kappa shape index (κ2) is 7.99. The highest BCUT2D eigenvalue weighted by Gasteiger charge is 2.45. The summed E-state index contributed by atoms with van der Waals surface area (Å²) in [4.78, 5) is -0.0659. The van der Waals surface area contributed by atoms with E-state index in [4.69, 9.17) is 8.37 Å². The predicted molar refractivity (Wildman–Crippen MR) is 109 cm³/mol. The quantitative estimate of drug-likeness (QED) is 0.627. The lowest BCUT2D eigenvalue weighted by Crippen LogP contribution is -2.33. The van der Waals surface area contributed by atoms with Gasteiger partial charge in [0.1, 0.15) is 23.1 Å². The maximum absolute atomic E-state index is 12.5. The fraction of sp³-hybridized carbons (Fsp3) is 0.333. The van der Waals surface area contributed by atoms with Gasteiger partial charge in [-0.1, -0.05) is 35.4 Å². The molecule has 1 aliphatic rings. The molecule has 0 spiro atoms. The normalized spacial score (nSPS) is 22.5. The van der Waals surface area contributed by atoms with Crippen molar-refractivity contribution in [2.45, 2.75) is 35.8 Å². The molecule has 0 radical (unpaired) electrons. The third kappa shape index (κ3) is 5.37. The predicted octanol–water partition coefficient (Wildman–Crippen LogP) is 2.92. The molecule has 2 aromatic rings. The Bertz CT molecular complexity index is 1070. The third-order valence-corrected chi connectivity index (χ3v) is 8.82. The van der Waals surface area contributed by atoms with Crippen molar-refractivity contribution < 1.29 is 34.3 Å². The van der Waals surface area contributed by atoms with E-state index in [1.807, 2.05) is 6.92 Å². The Kier molecular flexibility index (Phi) is 6.12. The fourth-order valence-electron chi connectivity index (χ4n) is 2.83. The molecule has 0 aliphatic carbocycles. The Hall–Kier alpha value is -1.47. The Morgan fingerprint density at radius 3 is 1.69 bits per heavy atom. The van der Waals surface area contributed by atoms with Gasteiger partial charge in [0.05, 0.1) is 21.3 Å². The van der Waals surface area contributed by atoms with Gasteiger partial charge in [-0.2, -0.15) is 8.42 Å². The van der Waals surface area contributed by atoms with Crippen LogP contribution in [-0.2, 0) is 28.3 Å². The molecular weight excluding hydrogens is 440 g/mol. The standard InChI is InChI=1S/C18H22O8S3/c1-13-3-7-15(8-4-13)28(21,22)25-17-11-27(19,20)12-18(17)26-29(23,24)16-9-5-14(2)6-10-16/h3-10,17-18,21-22H,11-12H2,1-2H3/t17-,18+/m1/s1. The van der Waals surface area contributed by atoms with Gasteiger partial charge in [0.15, 0.2) is 9.84 Å². The minimum Gasteiger partial charge on any atom is -0.304 e. The van der Waals surface area contributed by atoms with Crippen molar-refractivity contribution in [3.05, 3.63) is 59.7 Å². The molecule has 11 heteroatoms. The van der Waals surface area contributed by atoms with Gasteiger partial charge in [0.2, 0.25) is 0 Å². The molecule has 1 aliphatic heterocycles. The van der Waals surface area contributed by atoms with Gasteiger partial charge in [0, 0.05) is 0 Å². The lowest BCUT2D eigenvalue weighted by atomic mass is 10.2. The average molecular weight is 463 g/mol. The van der Waals surface area contributed by atoms with Crippen molar-refractivity contribution in [1.29, 1.82) is 0 Å². The maximum Gasteiger partial charge on any atom is 0.297 e. The van der Waals surface area contributed by atoms with Crippen LogP contribution >= 0.6 is 10.9 Å². The largest absolute Gasteiger partial charge is 0.304 e. The molecule has 0 unspecified atom stereocenters. The summed E-state index contributed by atoms with van der Waals surface area (Å²) >= 11 is 0. The Balaban J connectivity index is 1.83. The number of sulfone groups is 1. The summed E-state index contributed by atoms with van der Waals surface area (Å²) in [7, 11) is -11.8. The second-order valence-corrected chi connectivity index (χ2v) is 12.3. The van der Waals surface area contributed by atoms with Crippen LogP contribution in [0.4, 0.5) is 0 Å². The highest BCUT2D eigenvalue weighted by molar-refractivity contribution is 8.20. The topological polar surface area (TPSA) is 127 Å². The van der Waals surface area contributed by atoms with E-state index < -0.39 is 54.5 Å². The lowest BCUT2D eigenvalue weighted by Gasteiger charge is -2.31. The first-order chi connectivity index (χ1) is 13.4. The van der Waals surface area contributed by atoms with E-state index >= 15 is 0 Å². The second-order valence-electron chi connectivity index (χ2n) is 6.92. The molecule has 2 N–H and O–H groups in total. The molecule has 160 valence electrons. The van der Waals surface area contributed by atoms with E-state index in [0.717, 1.165) is 11.1 Å². The van der Waals surface area contributed by atoms with Gasteiger partial charge >= 0.3 is 0 Å². The minimum absolute atomic E-state index is 0.0625. The molecule has 3 rings (SSSR count). The highest BCUT2D eigenvalue weighted by Crippen LogP contribution is 2.51. The SMILES string of the molecule is Cc1ccc(S(O)(O)O[C@@H]2CS(=O)(=O)C[C@@H]2OS(=O)(=O)c2ccc(C)cc2)cc1. The van der Waals surface area contributed by atoms with Gasteiger partial charge in [-0.25, -0.2) is 8.42 Å². The number of rotatable bonds is 6. The summed E-state index contributed by atoms with van der Waals surface area (Å²) in [6.07, 6.45) is -2.76. The summed E-state index contributed by atoms with van der Waals surface area (Å²) < 4.78 is 80.4. The number of aryl methyl sites for hydroxylation is 2. The number of hydrogen-bond donors (Lipinski definition) is 2. The van der Waals surface area contributed by atoms with Crippen LogP contribution in [0.2, 0.25) is 0 Å². The molecule has 0 amide bonds. The van der Waals surface area contributed by atoms with Crippen molar-refractivity contribution >= 4 is 30.8 Å². The van der Waals surface area contributed by atoms with Crippen molar-refractivity contribution in [2.24, 2.45) is 0 Å².